The predicted octanol–water partition coefficient (Wildman–Crippen LogP) is 2.97. The van der Waals surface area contributed by atoms with E-state index in [9.17, 15) is 0 Å². The van der Waals surface area contributed by atoms with Crippen LogP contribution in [0.3, 0.4) is 0 Å². The van der Waals surface area contributed by atoms with Gasteiger partial charge in [-0.25, -0.2) is 0 Å². The van der Waals surface area contributed by atoms with Gasteiger partial charge in [0.25, 0.3) is 0 Å². The molecule has 1 aromatic carbocycles. The van der Waals surface area contributed by atoms with Crippen LogP contribution in [0.5, 0.6) is 11.5 Å². The smallest absolute Gasteiger partial charge is 0.123 e. The van der Waals surface area contributed by atoms with E-state index < -0.39 is 0 Å². The minimum atomic E-state index is 0.286. The molecule has 0 amide bonds. The van der Waals surface area contributed by atoms with Crippen LogP contribution in [0.1, 0.15) is 44.2 Å². The van der Waals surface area contributed by atoms with Gasteiger partial charge in [-0.15, -0.1) is 0 Å². The Morgan fingerprint density at radius 2 is 1.81 bits per heavy atom. The Morgan fingerprint density at radius 1 is 1.14 bits per heavy atom. The zero-order valence-electron chi connectivity index (χ0n) is 13.6. The second-order valence-corrected chi connectivity index (χ2v) is 6.02. The van der Waals surface area contributed by atoms with Crippen molar-refractivity contribution in [3.05, 3.63) is 23.8 Å². The lowest BCUT2D eigenvalue weighted by atomic mass is 9.89. The molecule has 1 fully saturated rings. The molecule has 2 N–H and O–H groups in total. The highest BCUT2D eigenvalue weighted by molar-refractivity contribution is 5.42. The molecule has 4 heteroatoms. The van der Waals surface area contributed by atoms with E-state index in [0.717, 1.165) is 24.3 Å². The molecular formula is C17H28N2O2. The second kappa shape index (κ2) is 7.14. The maximum absolute atomic E-state index is 6.01. The highest BCUT2D eigenvalue weighted by Gasteiger charge is 2.27. The summed E-state index contributed by atoms with van der Waals surface area (Å²) in [5.41, 5.74) is 7.19. The molecule has 1 aliphatic carbocycles. The Morgan fingerprint density at radius 3 is 2.38 bits per heavy atom. The molecule has 21 heavy (non-hydrogen) atoms. The fourth-order valence-corrected chi connectivity index (χ4v) is 3.21. The molecule has 4 nitrogen and oxygen atoms in total. The summed E-state index contributed by atoms with van der Waals surface area (Å²) < 4.78 is 10.9. The van der Waals surface area contributed by atoms with Crippen LogP contribution >= 0.6 is 0 Å². The average molecular weight is 292 g/mol. The Balaban J connectivity index is 2.16. The van der Waals surface area contributed by atoms with E-state index in [4.69, 9.17) is 15.2 Å². The Labute approximate surface area is 128 Å². The normalized spacial score (nSPS) is 23.9. The molecule has 1 unspecified atom stereocenters. The van der Waals surface area contributed by atoms with Crippen LogP contribution in [-0.4, -0.2) is 38.3 Å². The first-order valence-corrected chi connectivity index (χ1v) is 7.76. The largest absolute Gasteiger partial charge is 0.497 e. The lowest BCUT2D eigenvalue weighted by Crippen LogP contribution is -2.39. The molecule has 0 radical (unpaired) electrons. The summed E-state index contributed by atoms with van der Waals surface area (Å²) in [6, 6.07) is 7.26. The minimum absolute atomic E-state index is 0.286. The van der Waals surface area contributed by atoms with Gasteiger partial charge in [-0.1, -0.05) is 0 Å². The van der Waals surface area contributed by atoms with E-state index in [-0.39, 0.29) is 6.04 Å². The molecule has 0 heterocycles. The van der Waals surface area contributed by atoms with Gasteiger partial charge in [0.05, 0.1) is 14.2 Å². The standard InChI is InChI=1S/C17H28N2O2/c1-12(19(2)14-7-5-13(18)6-8-14)16-11-15(20-3)9-10-17(16)21-4/h9-14H,5-8,18H2,1-4H3. The maximum Gasteiger partial charge on any atom is 0.123 e. The highest BCUT2D eigenvalue weighted by Crippen LogP contribution is 2.35. The van der Waals surface area contributed by atoms with E-state index in [0.29, 0.717) is 12.1 Å². The van der Waals surface area contributed by atoms with E-state index in [1.165, 1.54) is 18.4 Å². The summed E-state index contributed by atoms with van der Waals surface area (Å²) in [6.07, 6.45) is 4.59. The van der Waals surface area contributed by atoms with Crippen molar-refractivity contribution in [3.8, 4) is 11.5 Å². The Hall–Kier alpha value is -1.26. The van der Waals surface area contributed by atoms with Crippen LogP contribution in [0.2, 0.25) is 0 Å². The third kappa shape index (κ3) is 3.69. The van der Waals surface area contributed by atoms with Crippen molar-refractivity contribution in [3.63, 3.8) is 0 Å². The van der Waals surface area contributed by atoms with Gasteiger partial charge in [0, 0.05) is 23.7 Å². The zero-order chi connectivity index (χ0) is 15.4. The van der Waals surface area contributed by atoms with Crippen LogP contribution in [0.4, 0.5) is 0 Å². The molecule has 1 saturated carbocycles. The number of ether oxygens (including phenoxy) is 2. The Bertz CT molecular complexity index is 456. The topological polar surface area (TPSA) is 47.7 Å². The SMILES string of the molecule is COc1ccc(OC)c(C(C)N(C)C2CCC(N)CC2)c1. The van der Waals surface area contributed by atoms with Gasteiger partial charge in [0.15, 0.2) is 0 Å². The summed E-state index contributed by atoms with van der Waals surface area (Å²) in [5.74, 6) is 1.79. The summed E-state index contributed by atoms with van der Waals surface area (Å²) in [7, 11) is 5.62. The maximum atomic E-state index is 6.01. The first kappa shape index (κ1) is 16.1. The van der Waals surface area contributed by atoms with E-state index in [2.05, 4.69) is 24.9 Å². The van der Waals surface area contributed by atoms with Crippen molar-refractivity contribution in [1.29, 1.82) is 0 Å². The third-order valence-corrected chi connectivity index (χ3v) is 4.82. The second-order valence-electron chi connectivity index (χ2n) is 6.02. The van der Waals surface area contributed by atoms with Crippen molar-refractivity contribution in [2.75, 3.05) is 21.3 Å². The summed E-state index contributed by atoms with van der Waals surface area (Å²) >= 11 is 0. The third-order valence-electron chi connectivity index (χ3n) is 4.82. The summed E-state index contributed by atoms with van der Waals surface area (Å²) in [5, 5.41) is 0. The number of hydrogen-bond donors (Lipinski definition) is 1. The molecule has 2 rings (SSSR count). The minimum Gasteiger partial charge on any atom is -0.497 e. The van der Waals surface area contributed by atoms with E-state index >= 15 is 0 Å². The highest BCUT2D eigenvalue weighted by atomic mass is 16.5. The van der Waals surface area contributed by atoms with Crippen LogP contribution in [0.15, 0.2) is 18.2 Å². The van der Waals surface area contributed by atoms with Crippen LogP contribution in [0.25, 0.3) is 0 Å². The quantitative estimate of drug-likeness (QED) is 0.906. The number of nitrogens with zero attached hydrogens (tertiary/aromatic N) is 1. The van der Waals surface area contributed by atoms with Crippen LogP contribution < -0.4 is 15.2 Å². The number of benzene rings is 1. The van der Waals surface area contributed by atoms with Crippen LogP contribution in [-0.2, 0) is 0 Å². The van der Waals surface area contributed by atoms with Gasteiger partial charge in [0.2, 0.25) is 0 Å². The first-order chi connectivity index (χ1) is 10.1. The zero-order valence-corrected chi connectivity index (χ0v) is 13.6. The predicted molar refractivity (Wildman–Crippen MR) is 86.0 cm³/mol. The van der Waals surface area contributed by atoms with Crippen molar-refractivity contribution in [2.45, 2.75) is 50.7 Å². The lowest BCUT2D eigenvalue weighted by molar-refractivity contribution is 0.138. The average Bonchev–Trinajstić information content (AvgIpc) is 2.53. The number of nitrogens with two attached hydrogens (primary N) is 1. The first-order valence-electron chi connectivity index (χ1n) is 7.76. The van der Waals surface area contributed by atoms with Gasteiger partial charge in [-0.05, 0) is 57.9 Å². The van der Waals surface area contributed by atoms with Crippen LogP contribution in [0, 0.1) is 0 Å². The summed E-state index contributed by atoms with van der Waals surface area (Å²) in [6.45, 7) is 2.23. The number of hydrogen-bond acceptors (Lipinski definition) is 4. The molecule has 0 aliphatic heterocycles. The van der Waals surface area contributed by atoms with Gasteiger partial charge in [-0.3, -0.25) is 4.90 Å². The van der Waals surface area contributed by atoms with Gasteiger partial charge < -0.3 is 15.2 Å². The molecule has 1 atom stereocenters. The van der Waals surface area contributed by atoms with Crippen molar-refractivity contribution in [2.24, 2.45) is 5.73 Å². The van der Waals surface area contributed by atoms with Crippen molar-refractivity contribution < 1.29 is 9.47 Å². The lowest BCUT2D eigenvalue weighted by Gasteiger charge is -2.37. The molecular weight excluding hydrogens is 264 g/mol. The molecule has 0 saturated heterocycles. The van der Waals surface area contributed by atoms with Crippen molar-refractivity contribution in [1.82, 2.24) is 4.90 Å². The van der Waals surface area contributed by atoms with Gasteiger partial charge in [0.1, 0.15) is 11.5 Å². The molecule has 1 aliphatic rings. The fraction of sp³-hybridized carbons (Fsp3) is 0.647. The van der Waals surface area contributed by atoms with E-state index in [1.54, 1.807) is 14.2 Å². The summed E-state index contributed by atoms with van der Waals surface area (Å²) in [4.78, 5) is 2.45. The molecule has 1 aromatic rings. The molecule has 0 bridgehead atoms. The monoisotopic (exact) mass is 292 g/mol. The molecule has 0 aromatic heterocycles. The molecule has 0 spiro atoms. The van der Waals surface area contributed by atoms with E-state index in [1.807, 2.05) is 12.1 Å². The fourth-order valence-electron chi connectivity index (χ4n) is 3.21. The number of methoxy groups -OCH3 is 2. The molecule has 118 valence electrons. The van der Waals surface area contributed by atoms with Crippen molar-refractivity contribution >= 4 is 0 Å². The Kier molecular flexibility index (Phi) is 5.48. The van der Waals surface area contributed by atoms with Gasteiger partial charge >= 0.3 is 0 Å². The number of rotatable bonds is 5. The van der Waals surface area contributed by atoms with Gasteiger partial charge in [-0.2, -0.15) is 0 Å².